The van der Waals surface area contributed by atoms with Gasteiger partial charge in [0.2, 0.25) is 5.95 Å². The molecule has 0 spiro atoms. The fraction of sp³-hybridized carbons (Fsp3) is 0. The van der Waals surface area contributed by atoms with E-state index in [1.165, 1.54) is 6.07 Å². The van der Waals surface area contributed by atoms with Crippen molar-refractivity contribution in [2.75, 3.05) is 11.5 Å². The molecule has 0 saturated heterocycles. The van der Waals surface area contributed by atoms with Crippen molar-refractivity contribution in [1.29, 1.82) is 5.26 Å². The second-order valence-corrected chi connectivity index (χ2v) is 4.44. The third kappa shape index (κ3) is 2.28. The lowest BCUT2D eigenvalue weighted by atomic mass is 10.1. The van der Waals surface area contributed by atoms with Crippen molar-refractivity contribution >= 4 is 27.7 Å². The highest BCUT2D eigenvalue weighted by Gasteiger charge is 2.18. The van der Waals surface area contributed by atoms with Crippen LogP contribution < -0.4 is 11.5 Å². The van der Waals surface area contributed by atoms with E-state index in [4.69, 9.17) is 16.7 Å². The summed E-state index contributed by atoms with van der Waals surface area (Å²) < 4.78 is 14.1. The Kier molecular flexibility index (Phi) is 3.23. The number of anilines is 2. The molecular formula is C11H7BrFN5O. The zero-order valence-electron chi connectivity index (χ0n) is 9.35. The summed E-state index contributed by atoms with van der Waals surface area (Å²) in [5.74, 6) is -1.33. The van der Waals surface area contributed by atoms with E-state index < -0.39 is 5.82 Å². The Labute approximate surface area is 115 Å². The minimum Gasteiger partial charge on any atom is -0.507 e. The summed E-state index contributed by atoms with van der Waals surface area (Å²) in [5.41, 5.74) is 10.9. The fourth-order valence-electron chi connectivity index (χ4n) is 1.52. The summed E-state index contributed by atoms with van der Waals surface area (Å²) in [6, 6.07) is 3.98. The molecule has 0 aliphatic carbocycles. The van der Waals surface area contributed by atoms with Crippen LogP contribution in [-0.2, 0) is 0 Å². The van der Waals surface area contributed by atoms with E-state index in [0.717, 1.165) is 6.07 Å². The van der Waals surface area contributed by atoms with Gasteiger partial charge >= 0.3 is 0 Å². The van der Waals surface area contributed by atoms with Crippen molar-refractivity contribution in [2.24, 2.45) is 0 Å². The molecule has 1 heterocycles. The van der Waals surface area contributed by atoms with Crippen LogP contribution >= 0.6 is 15.9 Å². The van der Waals surface area contributed by atoms with E-state index in [1.54, 1.807) is 6.07 Å². The zero-order chi connectivity index (χ0) is 14.2. The van der Waals surface area contributed by atoms with Crippen molar-refractivity contribution in [3.63, 3.8) is 0 Å². The van der Waals surface area contributed by atoms with Crippen molar-refractivity contribution < 1.29 is 9.50 Å². The van der Waals surface area contributed by atoms with Crippen molar-refractivity contribution in [3.8, 4) is 23.1 Å². The molecule has 0 saturated carbocycles. The molecule has 0 fully saturated rings. The molecule has 2 rings (SSSR count). The van der Waals surface area contributed by atoms with Gasteiger partial charge in [0.1, 0.15) is 29.0 Å². The summed E-state index contributed by atoms with van der Waals surface area (Å²) in [6.45, 7) is 0. The van der Waals surface area contributed by atoms with Gasteiger partial charge < -0.3 is 16.6 Å². The van der Waals surface area contributed by atoms with Crippen molar-refractivity contribution in [2.45, 2.75) is 0 Å². The number of halogens is 2. The maximum atomic E-state index is 13.9. The largest absolute Gasteiger partial charge is 0.507 e. The van der Waals surface area contributed by atoms with Gasteiger partial charge in [-0.3, -0.25) is 0 Å². The van der Waals surface area contributed by atoms with Crippen LogP contribution in [-0.4, -0.2) is 15.1 Å². The number of nitriles is 1. The number of hydrogen-bond donors (Lipinski definition) is 3. The standard InChI is InChI=1S/C11H7BrFN5O/c12-6-1-4(7(13)2-8(6)19)9-5(3-14)10(15)18-11(16)17-9/h1-2,19H,(H4,15,16,17,18). The molecule has 8 heteroatoms. The average molecular weight is 324 g/mol. The highest BCUT2D eigenvalue weighted by molar-refractivity contribution is 9.10. The second kappa shape index (κ2) is 4.70. The summed E-state index contributed by atoms with van der Waals surface area (Å²) in [6.07, 6.45) is 0. The number of phenols is 1. The number of phenolic OH excluding ortho intramolecular Hbond substituents is 1. The first-order valence-electron chi connectivity index (χ1n) is 4.95. The number of aromatic hydroxyl groups is 1. The number of nitrogen functional groups attached to an aromatic ring is 2. The summed E-state index contributed by atoms with van der Waals surface area (Å²) in [4.78, 5) is 7.47. The zero-order valence-corrected chi connectivity index (χ0v) is 10.9. The normalized spacial score (nSPS) is 10.2. The SMILES string of the molecule is N#Cc1c(N)nc(N)nc1-c1cc(Br)c(O)cc1F. The molecule has 96 valence electrons. The van der Waals surface area contributed by atoms with Crippen LogP contribution in [0.4, 0.5) is 16.2 Å². The van der Waals surface area contributed by atoms with Crippen LogP contribution in [0.25, 0.3) is 11.3 Å². The molecule has 1 aromatic heterocycles. The highest BCUT2D eigenvalue weighted by Crippen LogP contribution is 2.34. The molecule has 0 amide bonds. The molecule has 0 atom stereocenters. The number of benzene rings is 1. The van der Waals surface area contributed by atoms with Crippen molar-refractivity contribution in [1.82, 2.24) is 9.97 Å². The van der Waals surface area contributed by atoms with Gasteiger partial charge in [0.25, 0.3) is 0 Å². The molecule has 5 N–H and O–H groups in total. The Morgan fingerprint density at radius 3 is 2.63 bits per heavy atom. The smallest absolute Gasteiger partial charge is 0.222 e. The fourth-order valence-corrected chi connectivity index (χ4v) is 1.86. The number of nitrogens with zero attached hydrogens (tertiary/aromatic N) is 3. The Morgan fingerprint density at radius 2 is 2.00 bits per heavy atom. The van der Waals surface area contributed by atoms with Crippen LogP contribution in [0, 0.1) is 17.1 Å². The Balaban J connectivity index is 2.79. The number of nitrogens with two attached hydrogens (primary N) is 2. The van der Waals surface area contributed by atoms with Gasteiger partial charge in [0.05, 0.1) is 10.2 Å². The van der Waals surface area contributed by atoms with Crippen LogP contribution in [0.3, 0.4) is 0 Å². The maximum Gasteiger partial charge on any atom is 0.222 e. The number of rotatable bonds is 1. The Morgan fingerprint density at radius 1 is 1.32 bits per heavy atom. The summed E-state index contributed by atoms with van der Waals surface area (Å²) in [5, 5.41) is 18.4. The molecule has 0 aliphatic heterocycles. The summed E-state index contributed by atoms with van der Waals surface area (Å²) >= 11 is 3.06. The molecule has 1 aromatic carbocycles. The second-order valence-electron chi connectivity index (χ2n) is 3.59. The first-order valence-corrected chi connectivity index (χ1v) is 5.74. The minimum absolute atomic E-state index is 0.0120. The van der Waals surface area contributed by atoms with Crippen LogP contribution in [0.1, 0.15) is 5.56 Å². The maximum absolute atomic E-state index is 13.9. The lowest BCUT2D eigenvalue weighted by Crippen LogP contribution is -2.05. The van der Waals surface area contributed by atoms with Gasteiger partial charge in [-0.2, -0.15) is 10.2 Å². The predicted octanol–water partition coefficient (Wildman–Crippen LogP) is 1.79. The molecule has 0 aliphatic rings. The number of hydrogen-bond acceptors (Lipinski definition) is 6. The monoisotopic (exact) mass is 323 g/mol. The highest BCUT2D eigenvalue weighted by atomic mass is 79.9. The first-order chi connectivity index (χ1) is 8.93. The van der Waals surface area contributed by atoms with E-state index >= 15 is 0 Å². The molecule has 19 heavy (non-hydrogen) atoms. The lowest BCUT2D eigenvalue weighted by molar-refractivity contribution is 0.466. The third-order valence-corrected chi connectivity index (χ3v) is 2.99. The van der Waals surface area contributed by atoms with Gasteiger partial charge in [-0.05, 0) is 22.0 Å². The van der Waals surface area contributed by atoms with Crippen LogP contribution in [0.5, 0.6) is 5.75 Å². The van der Waals surface area contributed by atoms with E-state index in [2.05, 4.69) is 25.9 Å². The molecule has 0 bridgehead atoms. The van der Waals surface area contributed by atoms with Gasteiger partial charge in [0, 0.05) is 11.6 Å². The molecule has 6 nitrogen and oxygen atoms in total. The van der Waals surface area contributed by atoms with E-state index in [-0.39, 0.29) is 38.8 Å². The first kappa shape index (κ1) is 13.0. The third-order valence-electron chi connectivity index (χ3n) is 2.36. The van der Waals surface area contributed by atoms with Gasteiger partial charge in [-0.1, -0.05) is 0 Å². The molecule has 0 unspecified atom stereocenters. The van der Waals surface area contributed by atoms with Gasteiger partial charge in [0.15, 0.2) is 0 Å². The summed E-state index contributed by atoms with van der Waals surface area (Å²) in [7, 11) is 0. The molecule has 0 radical (unpaired) electrons. The lowest BCUT2D eigenvalue weighted by Gasteiger charge is -2.08. The van der Waals surface area contributed by atoms with Crippen LogP contribution in [0.2, 0.25) is 0 Å². The Hall–Kier alpha value is -2.40. The topological polar surface area (TPSA) is 122 Å². The van der Waals surface area contributed by atoms with Gasteiger partial charge in [-0.25, -0.2) is 9.37 Å². The van der Waals surface area contributed by atoms with E-state index in [9.17, 15) is 9.50 Å². The molecule has 2 aromatic rings. The van der Waals surface area contributed by atoms with Crippen molar-refractivity contribution in [3.05, 3.63) is 28.0 Å². The minimum atomic E-state index is -0.755. The Bertz CT molecular complexity index is 713. The number of aromatic nitrogens is 2. The molecular weight excluding hydrogens is 317 g/mol. The van der Waals surface area contributed by atoms with E-state index in [0.29, 0.717) is 0 Å². The average Bonchev–Trinajstić information content (AvgIpc) is 2.33. The van der Waals surface area contributed by atoms with E-state index in [1.807, 2.05) is 0 Å². The predicted molar refractivity (Wildman–Crippen MR) is 70.3 cm³/mol. The van der Waals surface area contributed by atoms with Gasteiger partial charge in [-0.15, -0.1) is 0 Å². The van der Waals surface area contributed by atoms with Crippen LogP contribution in [0.15, 0.2) is 16.6 Å². The quantitative estimate of drug-likeness (QED) is 0.735.